The van der Waals surface area contributed by atoms with Crippen LogP contribution >= 0.6 is 0 Å². The first-order valence-corrected chi connectivity index (χ1v) is 10.6. The van der Waals surface area contributed by atoms with Gasteiger partial charge in [-0.3, -0.25) is 10.1 Å². The molecule has 0 unspecified atom stereocenters. The van der Waals surface area contributed by atoms with Crippen LogP contribution in [0.25, 0.3) is 44.5 Å². The van der Waals surface area contributed by atoms with Crippen molar-refractivity contribution in [1.29, 1.82) is 0 Å². The molecule has 4 aromatic heterocycles. The minimum Gasteiger partial charge on any atom is -0.368 e. The second kappa shape index (κ2) is 7.21. The van der Waals surface area contributed by atoms with Crippen molar-refractivity contribution in [3.05, 3.63) is 61.1 Å². The molecule has 0 spiro atoms. The summed E-state index contributed by atoms with van der Waals surface area (Å²) in [7, 11) is 2.18. The fourth-order valence-corrected chi connectivity index (χ4v) is 4.39. The zero-order valence-electron chi connectivity index (χ0n) is 17.3. The van der Waals surface area contributed by atoms with Gasteiger partial charge in [0.05, 0.1) is 5.69 Å². The van der Waals surface area contributed by atoms with Crippen molar-refractivity contribution in [3.63, 3.8) is 0 Å². The molecule has 154 valence electrons. The number of aromatic nitrogens is 5. The van der Waals surface area contributed by atoms with Gasteiger partial charge in [0.2, 0.25) is 0 Å². The molecule has 1 saturated heterocycles. The molecule has 1 aromatic carbocycles. The van der Waals surface area contributed by atoms with Gasteiger partial charge >= 0.3 is 0 Å². The van der Waals surface area contributed by atoms with Gasteiger partial charge in [0.25, 0.3) is 0 Å². The molecule has 0 saturated carbocycles. The van der Waals surface area contributed by atoms with E-state index in [4.69, 9.17) is 0 Å². The largest absolute Gasteiger partial charge is 0.368 e. The number of nitrogens with zero attached hydrogens (tertiary/aromatic N) is 5. The van der Waals surface area contributed by atoms with E-state index < -0.39 is 0 Å². The van der Waals surface area contributed by atoms with Crippen LogP contribution < -0.4 is 4.90 Å². The fraction of sp³-hybridized carbons (Fsp3) is 0.208. The van der Waals surface area contributed by atoms with Crippen LogP contribution in [0.2, 0.25) is 0 Å². The number of rotatable bonds is 3. The lowest BCUT2D eigenvalue weighted by Crippen LogP contribution is -2.44. The Labute approximate surface area is 179 Å². The summed E-state index contributed by atoms with van der Waals surface area (Å²) >= 11 is 0. The van der Waals surface area contributed by atoms with Crippen molar-refractivity contribution < 1.29 is 0 Å². The Hall–Kier alpha value is -3.71. The van der Waals surface area contributed by atoms with E-state index in [0.717, 1.165) is 65.2 Å². The first kappa shape index (κ1) is 18.1. The molecule has 1 aliphatic rings. The molecule has 7 heteroatoms. The zero-order chi connectivity index (χ0) is 20.8. The number of H-pyrrole nitrogens is 2. The standard InChI is InChI=1S/C24H23N7/c1-30-8-10-31(11-9-30)22-6-2-5-20-18(22)13-21(27-20)23-19-12-17(15-26-24(19)29-28-23)16-4-3-7-25-14-16/h2-7,12-15,27H,8-11H2,1H3,(H,26,28,29). The second-order valence-corrected chi connectivity index (χ2v) is 8.15. The molecular weight excluding hydrogens is 386 g/mol. The van der Waals surface area contributed by atoms with Gasteiger partial charge < -0.3 is 14.8 Å². The third kappa shape index (κ3) is 3.14. The summed E-state index contributed by atoms with van der Waals surface area (Å²) in [5.41, 5.74) is 7.12. The molecule has 0 atom stereocenters. The van der Waals surface area contributed by atoms with Crippen molar-refractivity contribution in [2.24, 2.45) is 0 Å². The highest BCUT2D eigenvalue weighted by Gasteiger charge is 2.19. The molecule has 0 radical (unpaired) electrons. The number of hydrogen-bond donors (Lipinski definition) is 2. The van der Waals surface area contributed by atoms with E-state index in [1.807, 2.05) is 24.5 Å². The average Bonchev–Trinajstić information content (AvgIpc) is 3.43. The van der Waals surface area contributed by atoms with E-state index in [0.29, 0.717) is 0 Å². The number of benzene rings is 1. The Morgan fingerprint density at radius 1 is 0.903 bits per heavy atom. The molecule has 1 aliphatic heterocycles. The molecule has 1 fully saturated rings. The summed E-state index contributed by atoms with van der Waals surface area (Å²) in [6.45, 7) is 4.25. The van der Waals surface area contributed by atoms with E-state index in [9.17, 15) is 0 Å². The van der Waals surface area contributed by atoms with Crippen LogP contribution in [0.15, 0.2) is 61.1 Å². The monoisotopic (exact) mass is 409 g/mol. The molecule has 5 heterocycles. The summed E-state index contributed by atoms with van der Waals surface area (Å²) in [6.07, 6.45) is 5.49. The van der Waals surface area contributed by atoms with Crippen LogP contribution in [0.3, 0.4) is 0 Å². The highest BCUT2D eigenvalue weighted by Crippen LogP contribution is 2.34. The lowest BCUT2D eigenvalue weighted by molar-refractivity contribution is 0.313. The molecule has 5 aromatic rings. The number of piperazine rings is 1. The van der Waals surface area contributed by atoms with Gasteiger partial charge in [-0.05, 0) is 37.4 Å². The van der Waals surface area contributed by atoms with E-state index in [1.54, 1.807) is 6.20 Å². The predicted octanol–water partition coefficient (Wildman–Crippen LogP) is 3.92. The Morgan fingerprint density at radius 3 is 2.65 bits per heavy atom. The molecule has 7 nitrogen and oxygen atoms in total. The Kier molecular flexibility index (Phi) is 4.21. The third-order valence-electron chi connectivity index (χ3n) is 6.15. The van der Waals surface area contributed by atoms with Crippen molar-refractivity contribution in [2.45, 2.75) is 0 Å². The number of likely N-dealkylation sites (N-methyl/N-ethyl adjacent to an activating group) is 1. The summed E-state index contributed by atoms with van der Waals surface area (Å²) in [5, 5.41) is 9.90. The van der Waals surface area contributed by atoms with Crippen LogP contribution in [-0.4, -0.2) is 63.3 Å². The lowest BCUT2D eigenvalue weighted by atomic mass is 10.1. The van der Waals surface area contributed by atoms with Crippen LogP contribution in [0.5, 0.6) is 0 Å². The van der Waals surface area contributed by atoms with Crippen LogP contribution in [0.1, 0.15) is 0 Å². The van der Waals surface area contributed by atoms with Crippen molar-refractivity contribution in [2.75, 3.05) is 38.1 Å². The highest BCUT2D eigenvalue weighted by atomic mass is 15.2. The fourth-order valence-electron chi connectivity index (χ4n) is 4.39. The number of aromatic amines is 2. The zero-order valence-corrected chi connectivity index (χ0v) is 17.3. The molecular formula is C24H23N7. The first-order valence-electron chi connectivity index (χ1n) is 10.6. The van der Waals surface area contributed by atoms with Gasteiger partial charge in [0.15, 0.2) is 5.65 Å². The van der Waals surface area contributed by atoms with Crippen molar-refractivity contribution in [1.82, 2.24) is 30.0 Å². The lowest BCUT2D eigenvalue weighted by Gasteiger charge is -2.34. The summed E-state index contributed by atoms with van der Waals surface area (Å²) in [5.74, 6) is 0. The van der Waals surface area contributed by atoms with Gasteiger partial charge in [-0.2, -0.15) is 5.10 Å². The maximum absolute atomic E-state index is 4.59. The number of hydrogen-bond acceptors (Lipinski definition) is 5. The van der Waals surface area contributed by atoms with E-state index >= 15 is 0 Å². The smallest absolute Gasteiger partial charge is 0.155 e. The number of anilines is 1. The van der Waals surface area contributed by atoms with E-state index in [2.05, 4.69) is 72.3 Å². The highest BCUT2D eigenvalue weighted by molar-refractivity contribution is 6.00. The van der Waals surface area contributed by atoms with Crippen LogP contribution in [0, 0.1) is 0 Å². The molecule has 31 heavy (non-hydrogen) atoms. The first-order chi connectivity index (χ1) is 15.3. The maximum Gasteiger partial charge on any atom is 0.155 e. The van der Waals surface area contributed by atoms with Crippen molar-refractivity contribution in [3.8, 4) is 22.5 Å². The molecule has 0 aliphatic carbocycles. The summed E-state index contributed by atoms with van der Waals surface area (Å²) in [6, 6.07) is 14.8. The van der Waals surface area contributed by atoms with Gasteiger partial charge in [0, 0.05) is 77.9 Å². The average molecular weight is 409 g/mol. The van der Waals surface area contributed by atoms with Gasteiger partial charge in [0.1, 0.15) is 5.69 Å². The Morgan fingerprint density at radius 2 is 1.81 bits per heavy atom. The predicted molar refractivity (Wildman–Crippen MR) is 124 cm³/mol. The quantitative estimate of drug-likeness (QED) is 0.472. The van der Waals surface area contributed by atoms with Crippen LogP contribution in [0.4, 0.5) is 5.69 Å². The topological polar surface area (TPSA) is 76.7 Å². The number of pyridine rings is 2. The van der Waals surface area contributed by atoms with Gasteiger partial charge in [-0.1, -0.05) is 12.1 Å². The van der Waals surface area contributed by atoms with Crippen molar-refractivity contribution >= 4 is 27.6 Å². The van der Waals surface area contributed by atoms with Gasteiger partial charge in [-0.25, -0.2) is 4.98 Å². The molecule has 2 N–H and O–H groups in total. The van der Waals surface area contributed by atoms with E-state index in [-0.39, 0.29) is 0 Å². The third-order valence-corrected chi connectivity index (χ3v) is 6.15. The normalized spacial score (nSPS) is 15.2. The SMILES string of the molecule is CN1CCN(c2cccc3[nH]c(-c4n[nH]c5ncc(-c6cccnc6)cc45)cc23)CC1. The minimum atomic E-state index is 0.778. The number of nitrogens with one attached hydrogen (secondary N) is 2. The Balaban J connectivity index is 1.44. The summed E-state index contributed by atoms with van der Waals surface area (Å²) in [4.78, 5) is 17.2. The minimum absolute atomic E-state index is 0.778. The Bertz CT molecular complexity index is 1360. The molecule has 0 amide bonds. The molecule has 6 rings (SSSR count). The van der Waals surface area contributed by atoms with Gasteiger partial charge in [-0.15, -0.1) is 0 Å². The van der Waals surface area contributed by atoms with E-state index in [1.165, 1.54) is 11.1 Å². The molecule has 0 bridgehead atoms. The second-order valence-electron chi connectivity index (χ2n) is 8.15. The maximum atomic E-state index is 4.59. The van der Waals surface area contributed by atoms with Crippen LogP contribution in [-0.2, 0) is 0 Å². The number of fused-ring (bicyclic) bond motifs is 2. The summed E-state index contributed by atoms with van der Waals surface area (Å²) < 4.78 is 0.